The third kappa shape index (κ3) is 4.88. The van der Waals surface area contributed by atoms with Crippen molar-refractivity contribution in [1.82, 2.24) is 15.3 Å². The van der Waals surface area contributed by atoms with Crippen LogP contribution in [-0.2, 0) is 9.53 Å². The Morgan fingerprint density at radius 1 is 1.47 bits per heavy atom. The van der Waals surface area contributed by atoms with Crippen molar-refractivity contribution in [1.29, 1.82) is 0 Å². The van der Waals surface area contributed by atoms with Gasteiger partial charge >= 0.3 is 5.69 Å². The monoisotopic (exact) mass is 415 g/mol. The number of phenols is 1. The first-order valence-electron chi connectivity index (χ1n) is 9.11. The first-order valence-corrected chi connectivity index (χ1v) is 9.11. The Morgan fingerprint density at radius 2 is 2.23 bits per heavy atom. The lowest BCUT2D eigenvalue weighted by Crippen LogP contribution is -2.45. The number of benzene rings is 1. The Balaban J connectivity index is 1.81. The highest BCUT2D eigenvalue weighted by Crippen LogP contribution is 2.33. The lowest BCUT2D eigenvalue weighted by atomic mass is 10.1. The summed E-state index contributed by atoms with van der Waals surface area (Å²) >= 11 is 0. The summed E-state index contributed by atoms with van der Waals surface area (Å²) in [6.45, 7) is 2.16. The summed E-state index contributed by atoms with van der Waals surface area (Å²) in [7, 11) is 1.35. The zero-order chi connectivity index (χ0) is 21.5. The number of morpholine rings is 1. The molecule has 11 nitrogen and oxygen atoms in total. The molecule has 11 heteroatoms. The molecule has 1 amide bonds. The number of carbonyl (C=O) groups excluding carboxylic acids is 1. The molecule has 3 rings (SSSR count). The average molecular weight is 415 g/mol. The van der Waals surface area contributed by atoms with Gasteiger partial charge in [0.25, 0.3) is 5.91 Å². The van der Waals surface area contributed by atoms with Gasteiger partial charge in [0.05, 0.1) is 37.5 Å². The van der Waals surface area contributed by atoms with Crippen molar-refractivity contribution < 1.29 is 24.3 Å². The maximum Gasteiger partial charge on any atom is 0.315 e. The Kier molecular flexibility index (Phi) is 6.88. The van der Waals surface area contributed by atoms with Crippen LogP contribution in [0.25, 0.3) is 0 Å². The number of hydrogen-bond acceptors (Lipinski definition) is 9. The van der Waals surface area contributed by atoms with Crippen LogP contribution < -0.4 is 10.2 Å². The minimum Gasteiger partial charge on any atom is -0.502 e. The fourth-order valence-corrected chi connectivity index (χ4v) is 3.10. The number of nitro benzene ring substituents is 1. The molecule has 2 aromatic rings. The Morgan fingerprint density at radius 3 is 2.87 bits per heavy atom. The van der Waals surface area contributed by atoms with E-state index >= 15 is 0 Å². The first kappa shape index (κ1) is 21.1. The van der Waals surface area contributed by atoms with Crippen LogP contribution in [0.2, 0.25) is 0 Å². The molecule has 0 aliphatic carbocycles. The molecule has 1 aromatic carbocycles. The molecule has 0 bridgehead atoms. The maximum atomic E-state index is 12.9. The van der Waals surface area contributed by atoms with Gasteiger partial charge in [-0.25, -0.2) is 5.43 Å². The number of phenolic OH excluding ortho intramolecular Hbond substituents is 1. The van der Waals surface area contributed by atoms with Crippen LogP contribution in [0.3, 0.4) is 0 Å². The molecule has 1 aromatic heterocycles. The van der Waals surface area contributed by atoms with Gasteiger partial charge in [-0.15, -0.1) is 0 Å². The van der Waals surface area contributed by atoms with Crippen molar-refractivity contribution in [2.45, 2.75) is 6.04 Å². The number of nitrogens with one attached hydrogen (secondary N) is 1. The summed E-state index contributed by atoms with van der Waals surface area (Å²) in [4.78, 5) is 29.3. The number of hydrogen-bond donors (Lipinski definition) is 2. The van der Waals surface area contributed by atoms with Gasteiger partial charge in [0.2, 0.25) is 5.75 Å². The van der Waals surface area contributed by atoms with Crippen LogP contribution >= 0.6 is 0 Å². The Labute approximate surface area is 172 Å². The number of pyridine rings is 1. The molecule has 1 aliphatic rings. The summed E-state index contributed by atoms with van der Waals surface area (Å²) in [6, 6.07) is 5.38. The van der Waals surface area contributed by atoms with Crippen LogP contribution in [0.5, 0.6) is 11.5 Å². The van der Waals surface area contributed by atoms with E-state index in [9.17, 15) is 20.0 Å². The summed E-state index contributed by atoms with van der Waals surface area (Å²) in [5.74, 6) is -0.803. The van der Waals surface area contributed by atoms with E-state index in [0.29, 0.717) is 31.9 Å². The molecular weight excluding hydrogens is 394 g/mol. The van der Waals surface area contributed by atoms with E-state index < -0.39 is 28.3 Å². The Hall–Kier alpha value is -3.57. The second-order valence-electron chi connectivity index (χ2n) is 6.41. The van der Waals surface area contributed by atoms with Gasteiger partial charge in [-0.2, -0.15) is 5.10 Å². The minimum atomic E-state index is -0.732. The molecule has 2 heterocycles. The van der Waals surface area contributed by atoms with E-state index in [0.717, 1.165) is 12.3 Å². The normalized spacial score (nSPS) is 15.6. The number of nitro groups is 1. The fraction of sp³-hybridized carbons (Fsp3) is 0.316. The van der Waals surface area contributed by atoms with Crippen molar-refractivity contribution in [2.75, 3.05) is 33.4 Å². The lowest BCUT2D eigenvalue weighted by Gasteiger charge is -2.33. The molecule has 0 saturated carbocycles. The molecule has 1 saturated heterocycles. The number of aromatic hydroxyl groups is 1. The second kappa shape index (κ2) is 9.76. The molecule has 1 fully saturated rings. The number of rotatable bonds is 7. The van der Waals surface area contributed by atoms with E-state index in [1.807, 2.05) is 4.90 Å². The maximum absolute atomic E-state index is 12.9. The molecule has 30 heavy (non-hydrogen) atoms. The van der Waals surface area contributed by atoms with Gasteiger partial charge in [-0.3, -0.25) is 24.8 Å². The Bertz CT molecular complexity index is 931. The smallest absolute Gasteiger partial charge is 0.315 e. The van der Waals surface area contributed by atoms with E-state index in [1.165, 1.54) is 13.2 Å². The van der Waals surface area contributed by atoms with Crippen LogP contribution in [0.15, 0.2) is 41.8 Å². The molecule has 1 aliphatic heterocycles. The van der Waals surface area contributed by atoms with Gasteiger partial charge in [0, 0.05) is 31.0 Å². The van der Waals surface area contributed by atoms with Crippen molar-refractivity contribution >= 4 is 17.8 Å². The second-order valence-corrected chi connectivity index (χ2v) is 6.41. The van der Waals surface area contributed by atoms with Crippen LogP contribution in [-0.4, -0.2) is 65.4 Å². The number of hydrazone groups is 1. The zero-order valence-electron chi connectivity index (χ0n) is 16.2. The molecule has 1 atom stereocenters. The quantitative estimate of drug-likeness (QED) is 0.391. The van der Waals surface area contributed by atoms with Crippen LogP contribution in [0, 0.1) is 10.1 Å². The van der Waals surface area contributed by atoms with E-state index in [-0.39, 0.29) is 11.3 Å². The predicted octanol–water partition coefficient (Wildman–Crippen LogP) is 1.23. The molecule has 158 valence electrons. The van der Waals surface area contributed by atoms with Crippen LogP contribution in [0.4, 0.5) is 5.69 Å². The van der Waals surface area contributed by atoms with Gasteiger partial charge in [-0.05, 0) is 17.7 Å². The number of carbonyl (C=O) groups is 1. The summed E-state index contributed by atoms with van der Waals surface area (Å²) in [5, 5.41) is 25.1. The SMILES string of the molecule is COc1cc(/C=N/NC(=O)C(c2cccnc2)N2CCOCC2)c(O)c([N+](=O)[O-])c1. The van der Waals surface area contributed by atoms with Gasteiger partial charge in [0.15, 0.2) is 0 Å². The van der Waals surface area contributed by atoms with Crippen molar-refractivity contribution in [2.24, 2.45) is 5.10 Å². The summed E-state index contributed by atoms with van der Waals surface area (Å²) in [6.07, 6.45) is 4.36. The highest BCUT2D eigenvalue weighted by Gasteiger charge is 2.29. The average Bonchev–Trinajstić information content (AvgIpc) is 2.76. The number of ether oxygens (including phenoxy) is 2. The van der Waals surface area contributed by atoms with Crippen molar-refractivity contribution in [3.8, 4) is 11.5 Å². The lowest BCUT2D eigenvalue weighted by molar-refractivity contribution is -0.385. The van der Waals surface area contributed by atoms with E-state index in [2.05, 4.69) is 15.5 Å². The molecule has 1 unspecified atom stereocenters. The van der Waals surface area contributed by atoms with Crippen molar-refractivity contribution in [3.63, 3.8) is 0 Å². The van der Waals surface area contributed by atoms with Crippen LogP contribution in [0.1, 0.15) is 17.2 Å². The van der Waals surface area contributed by atoms with Gasteiger partial charge < -0.3 is 14.6 Å². The molecule has 0 spiro atoms. The summed E-state index contributed by atoms with van der Waals surface area (Å²) < 4.78 is 10.4. The predicted molar refractivity (Wildman–Crippen MR) is 106 cm³/mol. The molecule has 0 radical (unpaired) electrons. The first-order chi connectivity index (χ1) is 14.5. The number of aromatic nitrogens is 1. The highest BCUT2D eigenvalue weighted by atomic mass is 16.6. The molecular formula is C19H21N5O6. The number of amides is 1. The minimum absolute atomic E-state index is 0.0330. The highest BCUT2D eigenvalue weighted by molar-refractivity contribution is 5.89. The fourth-order valence-electron chi connectivity index (χ4n) is 3.10. The number of nitrogens with zero attached hydrogens (tertiary/aromatic N) is 4. The third-order valence-electron chi connectivity index (χ3n) is 4.56. The zero-order valence-corrected chi connectivity index (χ0v) is 16.2. The molecule has 2 N–H and O–H groups in total. The van der Waals surface area contributed by atoms with Gasteiger partial charge in [-0.1, -0.05) is 6.07 Å². The number of methoxy groups -OCH3 is 1. The van der Waals surface area contributed by atoms with Crippen molar-refractivity contribution in [3.05, 3.63) is 57.9 Å². The topological polar surface area (TPSA) is 139 Å². The third-order valence-corrected chi connectivity index (χ3v) is 4.56. The van der Waals surface area contributed by atoms with Gasteiger partial charge in [0.1, 0.15) is 11.8 Å². The standard InChI is InChI=1S/C19H21N5O6/c1-29-15-9-14(18(25)16(10-15)24(27)28)12-21-22-19(26)17(13-3-2-4-20-11-13)23-5-7-30-8-6-23/h2-4,9-12,17,25H,5-8H2,1H3,(H,22,26)/b21-12+. The summed E-state index contributed by atoms with van der Waals surface area (Å²) in [5.41, 5.74) is 2.65. The van der Waals surface area contributed by atoms with E-state index in [1.54, 1.807) is 24.5 Å². The largest absolute Gasteiger partial charge is 0.502 e. The van der Waals surface area contributed by atoms with E-state index in [4.69, 9.17) is 9.47 Å².